The molecule has 0 bridgehead atoms. The summed E-state index contributed by atoms with van der Waals surface area (Å²) in [5.41, 5.74) is 0.397. The van der Waals surface area contributed by atoms with E-state index in [9.17, 15) is 8.42 Å². The molecule has 0 saturated heterocycles. The summed E-state index contributed by atoms with van der Waals surface area (Å²) in [6, 6.07) is 0. The molecule has 1 rings (SSSR count). The normalized spacial score (nSPS) is 12.3. The molecule has 7 heteroatoms. The lowest BCUT2D eigenvalue weighted by Gasteiger charge is -2.14. The number of aryl methyl sites for hydroxylation is 2. The minimum Gasteiger partial charge on any atom is -0.360 e. The van der Waals surface area contributed by atoms with Gasteiger partial charge in [-0.3, -0.25) is 0 Å². The number of alkyl halides is 1. The molecule has 0 atom stereocenters. The van der Waals surface area contributed by atoms with Crippen LogP contribution >= 0.6 is 15.9 Å². The average Bonchev–Trinajstić information content (AvgIpc) is 2.46. The van der Waals surface area contributed by atoms with Crippen LogP contribution in [0.1, 0.15) is 11.5 Å². The fourth-order valence-corrected chi connectivity index (χ4v) is 3.46. The molecule has 0 fully saturated rings. The molecule has 0 saturated carbocycles. The molecule has 0 radical (unpaired) electrons. The molecule has 5 nitrogen and oxygen atoms in total. The van der Waals surface area contributed by atoms with E-state index in [0.717, 1.165) is 0 Å². The van der Waals surface area contributed by atoms with Gasteiger partial charge in [-0.25, -0.2) is 8.42 Å². The van der Waals surface area contributed by atoms with Crippen molar-refractivity contribution in [1.82, 2.24) is 9.46 Å². The van der Waals surface area contributed by atoms with Gasteiger partial charge in [0.05, 0.1) is 0 Å². The number of rotatable bonds is 4. The SMILES string of the molecule is Cc1noc(C)c1S(=O)(=O)N(C)CCBr. The maximum absolute atomic E-state index is 12.0. The highest BCUT2D eigenvalue weighted by molar-refractivity contribution is 9.09. The standard InChI is InChI=1S/C8H13BrN2O3S/c1-6-8(7(2)14-10-6)15(12,13)11(3)5-4-9/h4-5H2,1-3H3. The van der Waals surface area contributed by atoms with Crippen LogP contribution in [0.25, 0.3) is 0 Å². The minimum absolute atomic E-state index is 0.172. The van der Waals surface area contributed by atoms with Crippen LogP contribution in [-0.2, 0) is 10.0 Å². The van der Waals surface area contributed by atoms with Crippen molar-refractivity contribution in [3.8, 4) is 0 Å². The summed E-state index contributed by atoms with van der Waals surface area (Å²) in [6.45, 7) is 3.62. The van der Waals surface area contributed by atoms with E-state index in [1.54, 1.807) is 13.8 Å². The molecule has 0 aliphatic carbocycles. The van der Waals surface area contributed by atoms with Gasteiger partial charge in [-0.2, -0.15) is 4.31 Å². The largest absolute Gasteiger partial charge is 0.360 e. The number of aromatic nitrogens is 1. The van der Waals surface area contributed by atoms with Crippen LogP contribution in [0, 0.1) is 13.8 Å². The van der Waals surface area contributed by atoms with Gasteiger partial charge in [0, 0.05) is 18.9 Å². The Morgan fingerprint density at radius 2 is 2.07 bits per heavy atom. The molecule has 0 aliphatic heterocycles. The third-order valence-electron chi connectivity index (χ3n) is 2.04. The average molecular weight is 297 g/mol. The number of hydrogen-bond acceptors (Lipinski definition) is 4. The van der Waals surface area contributed by atoms with Crippen molar-refractivity contribution in [2.24, 2.45) is 0 Å². The second-order valence-electron chi connectivity index (χ2n) is 3.17. The quantitative estimate of drug-likeness (QED) is 0.786. The molecule has 86 valence electrons. The number of halogens is 1. The summed E-state index contributed by atoms with van der Waals surface area (Å²) in [4.78, 5) is 0.172. The van der Waals surface area contributed by atoms with Crippen LogP contribution in [0.5, 0.6) is 0 Å². The summed E-state index contributed by atoms with van der Waals surface area (Å²) < 4.78 is 30.2. The van der Waals surface area contributed by atoms with Crippen LogP contribution in [0.15, 0.2) is 9.42 Å². The van der Waals surface area contributed by atoms with Crippen molar-refractivity contribution >= 4 is 26.0 Å². The molecule has 1 heterocycles. The van der Waals surface area contributed by atoms with E-state index in [1.807, 2.05) is 0 Å². The molecule has 15 heavy (non-hydrogen) atoms. The van der Waals surface area contributed by atoms with Gasteiger partial charge < -0.3 is 4.52 Å². The topological polar surface area (TPSA) is 63.4 Å². The second kappa shape index (κ2) is 4.63. The van der Waals surface area contributed by atoms with Gasteiger partial charge >= 0.3 is 0 Å². The van der Waals surface area contributed by atoms with E-state index in [2.05, 4.69) is 21.1 Å². The van der Waals surface area contributed by atoms with E-state index in [0.29, 0.717) is 23.3 Å². The van der Waals surface area contributed by atoms with Crippen LogP contribution in [-0.4, -0.2) is 36.8 Å². The van der Waals surface area contributed by atoms with Crippen molar-refractivity contribution < 1.29 is 12.9 Å². The van der Waals surface area contributed by atoms with Gasteiger partial charge in [0.25, 0.3) is 0 Å². The van der Waals surface area contributed by atoms with E-state index in [-0.39, 0.29) is 4.90 Å². The Morgan fingerprint density at radius 1 is 1.47 bits per heavy atom. The number of hydrogen-bond donors (Lipinski definition) is 0. The fourth-order valence-electron chi connectivity index (χ4n) is 1.24. The smallest absolute Gasteiger partial charge is 0.248 e. The first-order valence-corrected chi connectivity index (χ1v) is 6.92. The van der Waals surface area contributed by atoms with Gasteiger partial charge in [-0.15, -0.1) is 0 Å². The van der Waals surface area contributed by atoms with Crippen molar-refractivity contribution in [1.29, 1.82) is 0 Å². The molecule has 0 unspecified atom stereocenters. The third kappa shape index (κ3) is 2.40. The van der Waals surface area contributed by atoms with Crippen LogP contribution < -0.4 is 0 Å². The third-order valence-corrected chi connectivity index (χ3v) is 4.49. The van der Waals surface area contributed by atoms with E-state index >= 15 is 0 Å². The molecule has 0 amide bonds. The predicted molar refractivity (Wildman–Crippen MR) is 59.6 cm³/mol. The van der Waals surface area contributed by atoms with Crippen LogP contribution in [0.4, 0.5) is 0 Å². The Labute approximate surface area is 97.6 Å². The van der Waals surface area contributed by atoms with Gasteiger partial charge in [0.15, 0.2) is 5.76 Å². The van der Waals surface area contributed by atoms with Gasteiger partial charge in [-0.1, -0.05) is 21.1 Å². The Morgan fingerprint density at radius 3 is 2.47 bits per heavy atom. The lowest BCUT2D eigenvalue weighted by Crippen LogP contribution is -2.29. The summed E-state index contributed by atoms with van der Waals surface area (Å²) in [5, 5.41) is 4.22. The first-order valence-electron chi connectivity index (χ1n) is 4.36. The van der Waals surface area contributed by atoms with Gasteiger partial charge in [0.1, 0.15) is 10.6 Å². The van der Waals surface area contributed by atoms with Crippen molar-refractivity contribution in [3.05, 3.63) is 11.5 Å². The van der Waals surface area contributed by atoms with Crippen LogP contribution in [0.2, 0.25) is 0 Å². The summed E-state index contributed by atoms with van der Waals surface area (Å²) in [7, 11) is -1.94. The Kier molecular flexibility index (Phi) is 3.91. The first-order chi connectivity index (χ1) is 6.91. The van der Waals surface area contributed by atoms with E-state index < -0.39 is 10.0 Å². The number of nitrogens with zero attached hydrogens (tertiary/aromatic N) is 2. The van der Waals surface area contributed by atoms with Gasteiger partial charge in [-0.05, 0) is 13.8 Å². The second-order valence-corrected chi connectivity index (χ2v) is 5.94. The summed E-state index contributed by atoms with van der Waals surface area (Å²) >= 11 is 3.20. The zero-order valence-electron chi connectivity index (χ0n) is 8.82. The Balaban J connectivity index is 3.17. The highest BCUT2D eigenvalue weighted by Crippen LogP contribution is 2.22. The maximum Gasteiger partial charge on any atom is 0.248 e. The molecule has 0 spiro atoms. The molecule has 1 aromatic rings. The minimum atomic E-state index is -3.47. The van der Waals surface area contributed by atoms with E-state index in [4.69, 9.17) is 4.52 Å². The zero-order chi connectivity index (χ0) is 11.6. The summed E-state index contributed by atoms with van der Waals surface area (Å²) in [6.07, 6.45) is 0. The molecule has 0 aliphatic rings. The van der Waals surface area contributed by atoms with Crippen LogP contribution in [0.3, 0.4) is 0 Å². The first kappa shape index (κ1) is 12.7. The van der Waals surface area contributed by atoms with Crippen molar-refractivity contribution in [3.63, 3.8) is 0 Å². The monoisotopic (exact) mass is 296 g/mol. The predicted octanol–water partition coefficient (Wildman–Crippen LogP) is 1.31. The molecule has 0 aromatic carbocycles. The summed E-state index contributed by atoms with van der Waals surface area (Å²) in [5.74, 6) is 0.328. The Bertz CT molecular complexity index is 421. The highest BCUT2D eigenvalue weighted by Gasteiger charge is 2.27. The lowest BCUT2D eigenvalue weighted by atomic mass is 10.4. The van der Waals surface area contributed by atoms with Crippen molar-refractivity contribution in [2.75, 3.05) is 18.9 Å². The number of sulfonamides is 1. The Hall–Kier alpha value is -0.400. The molecule has 0 N–H and O–H groups in total. The molecule has 1 aromatic heterocycles. The molecular formula is C8H13BrN2O3S. The molecular weight excluding hydrogens is 284 g/mol. The lowest BCUT2D eigenvalue weighted by molar-refractivity contribution is 0.390. The fraction of sp³-hybridized carbons (Fsp3) is 0.625. The maximum atomic E-state index is 12.0. The zero-order valence-corrected chi connectivity index (χ0v) is 11.2. The van der Waals surface area contributed by atoms with Gasteiger partial charge in [0.2, 0.25) is 10.0 Å². The van der Waals surface area contributed by atoms with E-state index in [1.165, 1.54) is 11.4 Å². The van der Waals surface area contributed by atoms with Crippen molar-refractivity contribution in [2.45, 2.75) is 18.7 Å². The highest BCUT2D eigenvalue weighted by atomic mass is 79.9.